The van der Waals surface area contributed by atoms with Crippen LogP contribution in [-0.4, -0.2) is 34.3 Å². The number of anilines is 1. The lowest BCUT2D eigenvalue weighted by Crippen LogP contribution is -2.30. The molecule has 0 N–H and O–H groups in total. The molecule has 2 aromatic carbocycles. The highest BCUT2D eigenvalue weighted by Gasteiger charge is 2.35. The zero-order valence-corrected chi connectivity index (χ0v) is 19.1. The van der Waals surface area contributed by atoms with Crippen LogP contribution in [0.1, 0.15) is 23.6 Å². The first-order valence-electron chi connectivity index (χ1n) is 11.2. The summed E-state index contributed by atoms with van der Waals surface area (Å²) in [6.07, 6.45) is -2.34. The summed E-state index contributed by atoms with van der Waals surface area (Å²) in [7, 11) is 1.41. The molecule has 5 rings (SSSR count). The van der Waals surface area contributed by atoms with Gasteiger partial charge in [-0.1, -0.05) is 24.3 Å². The van der Waals surface area contributed by atoms with Crippen LogP contribution in [0.5, 0.6) is 5.75 Å². The van der Waals surface area contributed by atoms with Crippen LogP contribution in [-0.2, 0) is 12.7 Å². The van der Waals surface area contributed by atoms with E-state index in [1.165, 1.54) is 39.3 Å². The second kappa shape index (κ2) is 8.96. The average Bonchev–Trinajstić information content (AvgIpc) is 3.41. The highest BCUT2D eigenvalue weighted by molar-refractivity contribution is 5.83. The van der Waals surface area contributed by atoms with Crippen molar-refractivity contribution < 1.29 is 26.7 Å². The van der Waals surface area contributed by atoms with Gasteiger partial charge in [0.15, 0.2) is 11.6 Å². The summed E-state index contributed by atoms with van der Waals surface area (Å²) in [5, 5.41) is 0. The molecule has 36 heavy (non-hydrogen) atoms. The number of benzene rings is 2. The van der Waals surface area contributed by atoms with E-state index in [1.807, 2.05) is 0 Å². The van der Waals surface area contributed by atoms with Gasteiger partial charge in [-0.15, -0.1) is 0 Å². The van der Waals surface area contributed by atoms with E-state index < -0.39 is 35.1 Å². The smallest absolute Gasteiger partial charge is 0.416 e. The molecule has 1 atom stereocenters. The molecule has 1 aliphatic heterocycles. The normalized spacial score (nSPS) is 16.2. The first-order valence-corrected chi connectivity index (χ1v) is 11.2. The van der Waals surface area contributed by atoms with Gasteiger partial charge in [0.25, 0.3) is 0 Å². The number of alkyl halides is 3. The van der Waals surface area contributed by atoms with Crippen LogP contribution in [0.3, 0.4) is 0 Å². The van der Waals surface area contributed by atoms with Crippen LogP contribution in [0.2, 0.25) is 0 Å². The molecular formula is C25H21F5N4O2. The number of imidazole rings is 1. The maximum absolute atomic E-state index is 14.3. The fraction of sp³-hybridized carbons (Fsp3) is 0.280. The zero-order valence-electron chi connectivity index (χ0n) is 19.1. The fourth-order valence-electron chi connectivity index (χ4n) is 4.94. The van der Waals surface area contributed by atoms with E-state index in [1.54, 1.807) is 18.2 Å². The van der Waals surface area contributed by atoms with Crippen LogP contribution in [0.25, 0.3) is 11.0 Å². The number of hydrogen-bond donors (Lipinski definition) is 0. The summed E-state index contributed by atoms with van der Waals surface area (Å²) < 4.78 is 77.7. The number of para-hydroxylation sites is 1. The first kappa shape index (κ1) is 23.8. The summed E-state index contributed by atoms with van der Waals surface area (Å²) in [6, 6.07) is 9.60. The van der Waals surface area contributed by atoms with Gasteiger partial charge in [0.1, 0.15) is 17.0 Å². The summed E-state index contributed by atoms with van der Waals surface area (Å²) in [6.45, 7) is 0.0815. The number of fused-ring (bicyclic) bond motifs is 1. The lowest BCUT2D eigenvalue weighted by Gasteiger charge is -2.20. The SMILES string of the molecule is COc1cccc2c1n(Cc1ccccc1C(F)(F)F)c(=O)n2C1CCN(c2c(F)cncc2F)C1. The van der Waals surface area contributed by atoms with Crippen LogP contribution in [0.15, 0.2) is 59.7 Å². The Morgan fingerprint density at radius 1 is 1.06 bits per heavy atom. The highest BCUT2D eigenvalue weighted by Crippen LogP contribution is 2.35. The molecule has 0 saturated carbocycles. The number of nitrogens with zero attached hydrogens (tertiary/aromatic N) is 4. The molecule has 1 aliphatic rings. The van der Waals surface area contributed by atoms with Crippen LogP contribution in [0.4, 0.5) is 27.6 Å². The molecule has 0 aliphatic carbocycles. The number of ether oxygens (including phenoxy) is 1. The average molecular weight is 504 g/mol. The molecule has 6 nitrogen and oxygen atoms in total. The molecule has 3 heterocycles. The number of halogens is 5. The first-order chi connectivity index (χ1) is 17.2. The predicted molar refractivity (Wildman–Crippen MR) is 123 cm³/mol. The second-order valence-electron chi connectivity index (χ2n) is 8.56. The quantitative estimate of drug-likeness (QED) is 0.359. The van der Waals surface area contributed by atoms with E-state index in [0.717, 1.165) is 18.5 Å². The van der Waals surface area contributed by atoms with Crippen molar-refractivity contribution in [3.05, 3.63) is 88.1 Å². The van der Waals surface area contributed by atoms with E-state index in [2.05, 4.69) is 4.98 Å². The van der Waals surface area contributed by atoms with Crippen molar-refractivity contribution in [3.8, 4) is 5.75 Å². The third-order valence-electron chi connectivity index (χ3n) is 6.49. The number of pyridine rings is 1. The summed E-state index contributed by atoms with van der Waals surface area (Å²) in [5.74, 6) is -1.29. The Balaban J connectivity index is 1.61. The summed E-state index contributed by atoms with van der Waals surface area (Å²) in [4.78, 5) is 18.7. The molecule has 0 radical (unpaired) electrons. The Kier molecular flexibility index (Phi) is 5.93. The predicted octanol–water partition coefficient (Wildman–Crippen LogP) is 5.00. The standard InChI is InChI=1S/C25H21F5N4O2/c1-36-21-8-4-7-20-23(21)33(13-15-5-2-3-6-17(15)25(28,29)30)24(35)34(20)16-9-10-32(14-16)22-18(26)11-31-12-19(22)27/h2-8,11-12,16H,9-10,13-14H2,1H3. The lowest BCUT2D eigenvalue weighted by molar-refractivity contribution is -0.138. The van der Waals surface area contributed by atoms with E-state index >= 15 is 0 Å². The van der Waals surface area contributed by atoms with Gasteiger partial charge in [-0.2, -0.15) is 13.2 Å². The maximum Gasteiger partial charge on any atom is 0.416 e. The minimum absolute atomic E-state index is 0.0639. The Bertz CT molecular complexity index is 1470. The summed E-state index contributed by atoms with van der Waals surface area (Å²) >= 11 is 0. The third-order valence-corrected chi connectivity index (χ3v) is 6.49. The van der Waals surface area contributed by atoms with Crippen LogP contribution < -0.4 is 15.3 Å². The van der Waals surface area contributed by atoms with E-state index in [0.29, 0.717) is 23.2 Å². The number of methoxy groups -OCH3 is 1. The molecule has 2 aromatic heterocycles. The van der Waals surface area contributed by atoms with Crippen molar-refractivity contribution in [2.75, 3.05) is 25.1 Å². The van der Waals surface area contributed by atoms with Gasteiger partial charge in [-0.25, -0.2) is 13.6 Å². The number of aromatic nitrogens is 3. The Morgan fingerprint density at radius 3 is 2.47 bits per heavy atom. The van der Waals surface area contributed by atoms with Gasteiger partial charge in [-0.3, -0.25) is 14.1 Å². The Hall–Kier alpha value is -3.89. The van der Waals surface area contributed by atoms with Crippen molar-refractivity contribution in [3.63, 3.8) is 0 Å². The van der Waals surface area contributed by atoms with Crippen LogP contribution in [0, 0.1) is 11.6 Å². The Labute approximate surface area is 202 Å². The molecule has 1 saturated heterocycles. The van der Waals surface area contributed by atoms with Gasteiger partial charge in [0.05, 0.1) is 43.2 Å². The number of hydrogen-bond acceptors (Lipinski definition) is 4. The van der Waals surface area contributed by atoms with Gasteiger partial charge in [0.2, 0.25) is 0 Å². The topological polar surface area (TPSA) is 52.3 Å². The Morgan fingerprint density at radius 2 is 1.78 bits per heavy atom. The van der Waals surface area contributed by atoms with E-state index in [9.17, 15) is 26.7 Å². The van der Waals surface area contributed by atoms with Gasteiger partial charge in [0, 0.05) is 13.1 Å². The van der Waals surface area contributed by atoms with Crippen molar-refractivity contribution in [2.45, 2.75) is 25.2 Å². The largest absolute Gasteiger partial charge is 0.494 e. The molecule has 1 unspecified atom stereocenters. The fourth-order valence-corrected chi connectivity index (χ4v) is 4.94. The van der Waals surface area contributed by atoms with Gasteiger partial charge >= 0.3 is 11.9 Å². The van der Waals surface area contributed by atoms with Crippen LogP contribution >= 0.6 is 0 Å². The maximum atomic E-state index is 14.3. The summed E-state index contributed by atoms with van der Waals surface area (Å²) in [5.41, 5.74) is -0.836. The molecule has 11 heteroatoms. The highest BCUT2D eigenvalue weighted by atomic mass is 19.4. The molecule has 0 bridgehead atoms. The molecule has 0 amide bonds. The van der Waals surface area contributed by atoms with Crippen molar-refractivity contribution in [1.29, 1.82) is 0 Å². The van der Waals surface area contributed by atoms with Crippen molar-refractivity contribution >= 4 is 16.7 Å². The minimum Gasteiger partial charge on any atom is -0.494 e. The van der Waals surface area contributed by atoms with Gasteiger partial charge < -0.3 is 9.64 Å². The number of rotatable bonds is 5. The van der Waals surface area contributed by atoms with E-state index in [-0.39, 0.29) is 30.9 Å². The van der Waals surface area contributed by atoms with Crippen molar-refractivity contribution in [1.82, 2.24) is 14.1 Å². The molecule has 4 aromatic rings. The molecule has 0 spiro atoms. The lowest BCUT2D eigenvalue weighted by atomic mass is 10.1. The minimum atomic E-state index is -4.59. The van der Waals surface area contributed by atoms with E-state index in [4.69, 9.17) is 4.74 Å². The third kappa shape index (κ3) is 3.98. The molecular weight excluding hydrogens is 483 g/mol. The van der Waals surface area contributed by atoms with Crippen molar-refractivity contribution in [2.24, 2.45) is 0 Å². The second-order valence-corrected chi connectivity index (χ2v) is 8.56. The van der Waals surface area contributed by atoms with Gasteiger partial charge in [-0.05, 0) is 30.2 Å². The zero-order chi connectivity index (χ0) is 25.6. The molecule has 1 fully saturated rings. The molecule has 188 valence electrons. The monoisotopic (exact) mass is 504 g/mol.